The second-order valence-electron chi connectivity index (χ2n) is 6.68. The number of carbonyl (C=O) groups is 1. The van der Waals surface area contributed by atoms with Crippen molar-refractivity contribution < 1.29 is 14.3 Å². The first-order chi connectivity index (χ1) is 9.16. The van der Waals surface area contributed by atoms with Crippen molar-refractivity contribution in [2.45, 2.75) is 45.1 Å². The van der Waals surface area contributed by atoms with Gasteiger partial charge in [-0.3, -0.25) is 9.69 Å². The zero-order valence-corrected chi connectivity index (χ0v) is 11.9. The van der Waals surface area contributed by atoms with E-state index in [1.165, 1.54) is 19.3 Å². The lowest BCUT2D eigenvalue weighted by Crippen LogP contribution is -2.38. The molecule has 0 aromatic carbocycles. The van der Waals surface area contributed by atoms with Crippen molar-refractivity contribution in [3.8, 4) is 0 Å². The van der Waals surface area contributed by atoms with E-state index < -0.39 is 0 Å². The van der Waals surface area contributed by atoms with Gasteiger partial charge in [0.05, 0.1) is 19.6 Å². The molecule has 4 heteroatoms. The molecule has 1 aliphatic heterocycles. The highest BCUT2D eigenvalue weighted by molar-refractivity contribution is 5.69. The van der Waals surface area contributed by atoms with Crippen LogP contribution in [0.4, 0.5) is 0 Å². The van der Waals surface area contributed by atoms with Crippen LogP contribution in [-0.4, -0.2) is 49.8 Å². The molecule has 2 saturated carbocycles. The van der Waals surface area contributed by atoms with E-state index in [2.05, 4.69) is 11.8 Å². The number of carbonyl (C=O) groups excluding carboxylic acids is 1. The van der Waals surface area contributed by atoms with Crippen LogP contribution >= 0.6 is 0 Å². The van der Waals surface area contributed by atoms with E-state index in [1.54, 1.807) is 0 Å². The molecule has 1 saturated heterocycles. The van der Waals surface area contributed by atoms with E-state index in [9.17, 15) is 4.79 Å². The van der Waals surface area contributed by atoms with Crippen LogP contribution in [0.15, 0.2) is 0 Å². The molecule has 3 fully saturated rings. The Kier molecular flexibility index (Phi) is 3.81. The largest absolute Gasteiger partial charge is 0.462 e. The lowest BCUT2D eigenvalue weighted by molar-refractivity contribution is -0.155. The first kappa shape index (κ1) is 13.4. The van der Waals surface area contributed by atoms with Crippen LogP contribution in [0.3, 0.4) is 0 Å². The van der Waals surface area contributed by atoms with Crippen molar-refractivity contribution >= 4 is 5.97 Å². The predicted octanol–water partition coefficient (Wildman–Crippen LogP) is 1.83. The summed E-state index contributed by atoms with van der Waals surface area (Å²) in [7, 11) is 0. The van der Waals surface area contributed by atoms with Crippen LogP contribution in [0.1, 0.15) is 39.0 Å². The fraction of sp³-hybridized carbons (Fsp3) is 0.933. The van der Waals surface area contributed by atoms with E-state index in [1.807, 2.05) is 0 Å². The molecule has 2 aliphatic carbocycles. The minimum Gasteiger partial charge on any atom is -0.462 e. The molecular weight excluding hydrogens is 242 g/mol. The highest BCUT2D eigenvalue weighted by Gasteiger charge is 2.50. The first-order valence-electron chi connectivity index (χ1n) is 7.65. The number of fused-ring (bicyclic) bond motifs is 2. The number of nitrogens with zero attached hydrogens (tertiary/aromatic N) is 1. The van der Waals surface area contributed by atoms with E-state index in [0.29, 0.717) is 6.42 Å². The fourth-order valence-corrected chi connectivity index (χ4v) is 3.96. The summed E-state index contributed by atoms with van der Waals surface area (Å²) < 4.78 is 11.0. The molecule has 3 aliphatic rings. The van der Waals surface area contributed by atoms with Crippen LogP contribution in [0.5, 0.6) is 0 Å². The Bertz CT molecular complexity index is 340. The van der Waals surface area contributed by atoms with Gasteiger partial charge in [0.2, 0.25) is 0 Å². The standard InChI is InChI=1S/C15H25NO3/c1-15-4-2-12(11-15)10-13(15)19-14(17)3-5-16-6-8-18-9-7-16/h12-13H,2-11H2,1H3. The molecule has 19 heavy (non-hydrogen) atoms. The second kappa shape index (κ2) is 5.41. The van der Waals surface area contributed by atoms with Crippen LogP contribution in [0.2, 0.25) is 0 Å². The predicted molar refractivity (Wildman–Crippen MR) is 71.8 cm³/mol. The van der Waals surface area contributed by atoms with E-state index in [0.717, 1.165) is 45.2 Å². The molecule has 0 N–H and O–H groups in total. The van der Waals surface area contributed by atoms with Gasteiger partial charge < -0.3 is 9.47 Å². The van der Waals surface area contributed by atoms with Gasteiger partial charge in [-0.2, -0.15) is 0 Å². The summed E-state index contributed by atoms with van der Waals surface area (Å²) >= 11 is 0. The third-order valence-electron chi connectivity index (χ3n) is 5.21. The second-order valence-corrected chi connectivity index (χ2v) is 6.68. The molecule has 0 aromatic rings. The third-order valence-corrected chi connectivity index (χ3v) is 5.21. The molecule has 0 radical (unpaired) electrons. The Labute approximate surface area is 115 Å². The number of ether oxygens (including phenoxy) is 2. The van der Waals surface area contributed by atoms with Crippen LogP contribution < -0.4 is 0 Å². The maximum Gasteiger partial charge on any atom is 0.307 e. The van der Waals surface area contributed by atoms with E-state index in [-0.39, 0.29) is 17.5 Å². The van der Waals surface area contributed by atoms with Crippen LogP contribution in [0, 0.1) is 11.3 Å². The summed E-state index contributed by atoms with van der Waals surface area (Å²) in [6.45, 7) is 6.57. The highest BCUT2D eigenvalue weighted by atomic mass is 16.5. The SMILES string of the molecule is CC12CCC(CC1OC(=O)CCN1CCOCC1)C2. The molecule has 0 amide bonds. The smallest absolute Gasteiger partial charge is 0.307 e. The Morgan fingerprint density at radius 3 is 2.84 bits per heavy atom. The van der Waals surface area contributed by atoms with Crippen molar-refractivity contribution in [3.63, 3.8) is 0 Å². The minimum atomic E-state index is -0.00901. The maximum atomic E-state index is 12.0. The minimum absolute atomic E-state index is 0.00901. The number of hydrogen-bond acceptors (Lipinski definition) is 4. The molecule has 4 nitrogen and oxygen atoms in total. The van der Waals surface area contributed by atoms with E-state index in [4.69, 9.17) is 9.47 Å². The van der Waals surface area contributed by atoms with Gasteiger partial charge in [0.15, 0.2) is 0 Å². The zero-order valence-electron chi connectivity index (χ0n) is 11.9. The monoisotopic (exact) mass is 267 g/mol. The van der Waals surface area contributed by atoms with Gasteiger partial charge in [-0.1, -0.05) is 6.92 Å². The van der Waals surface area contributed by atoms with Gasteiger partial charge in [-0.15, -0.1) is 0 Å². The molecule has 2 bridgehead atoms. The van der Waals surface area contributed by atoms with Crippen molar-refractivity contribution in [1.29, 1.82) is 0 Å². The molecule has 3 unspecified atom stereocenters. The quantitative estimate of drug-likeness (QED) is 0.728. The highest BCUT2D eigenvalue weighted by Crippen LogP contribution is 2.54. The van der Waals surface area contributed by atoms with Crippen LogP contribution in [-0.2, 0) is 14.3 Å². The van der Waals surface area contributed by atoms with Gasteiger partial charge >= 0.3 is 5.97 Å². The number of morpholine rings is 1. The Morgan fingerprint density at radius 2 is 2.21 bits per heavy atom. The molecular formula is C15H25NO3. The number of hydrogen-bond donors (Lipinski definition) is 0. The molecule has 0 aromatic heterocycles. The third kappa shape index (κ3) is 2.95. The molecule has 1 heterocycles. The normalized spacial score (nSPS) is 38.6. The summed E-state index contributed by atoms with van der Waals surface area (Å²) in [5.41, 5.74) is 0.277. The summed E-state index contributed by atoms with van der Waals surface area (Å²) in [5.74, 6) is 0.798. The Balaban J connectivity index is 1.41. The number of rotatable bonds is 4. The average Bonchev–Trinajstić information content (AvgIpc) is 2.93. The maximum absolute atomic E-state index is 12.0. The molecule has 3 rings (SSSR count). The van der Waals surface area contributed by atoms with Crippen molar-refractivity contribution in [2.24, 2.45) is 11.3 Å². The van der Waals surface area contributed by atoms with Gasteiger partial charge in [-0.05, 0) is 31.6 Å². The summed E-state index contributed by atoms with van der Waals surface area (Å²) in [4.78, 5) is 14.3. The van der Waals surface area contributed by atoms with Gasteiger partial charge in [-0.25, -0.2) is 0 Å². The summed E-state index contributed by atoms with van der Waals surface area (Å²) in [6, 6.07) is 0. The van der Waals surface area contributed by atoms with Crippen molar-refractivity contribution in [1.82, 2.24) is 4.90 Å². The Morgan fingerprint density at radius 1 is 1.42 bits per heavy atom. The lowest BCUT2D eigenvalue weighted by Gasteiger charge is -2.31. The molecule has 0 spiro atoms. The van der Waals surface area contributed by atoms with E-state index >= 15 is 0 Å². The first-order valence-corrected chi connectivity index (χ1v) is 7.65. The number of esters is 1. The van der Waals surface area contributed by atoms with Gasteiger partial charge in [0.25, 0.3) is 0 Å². The summed E-state index contributed by atoms with van der Waals surface area (Å²) in [5, 5.41) is 0. The topological polar surface area (TPSA) is 38.8 Å². The zero-order chi connectivity index (χ0) is 13.3. The van der Waals surface area contributed by atoms with Crippen molar-refractivity contribution in [2.75, 3.05) is 32.8 Å². The Hall–Kier alpha value is -0.610. The summed E-state index contributed by atoms with van der Waals surface area (Å²) in [6.07, 6.45) is 5.63. The van der Waals surface area contributed by atoms with Crippen LogP contribution in [0.25, 0.3) is 0 Å². The fourth-order valence-electron chi connectivity index (χ4n) is 3.96. The average molecular weight is 267 g/mol. The van der Waals surface area contributed by atoms with Gasteiger partial charge in [0.1, 0.15) is 6.10 Å². The molecule has 108 valence electrons. The lowest BCUT2D eigenvalue weighted by atomic mass is 9.84. The molecule has 3 atom stereocenters. The van der Waals surface area contributed by atoms with Crippen molar-refractivity contribution in [3.05, 3.63) is 0 Å². The van der Waals surface area contributed by atoms with Gasteiger partial charge in [0, 0.05) is 25.0 Å².